The molecule has 1 unspecified atom stereocenters. The second-order valence-corrected chi connectivity index (χ2v) is 4.64. The first kappa shape index (κ1) is 11.9. The van der Waals surface area contributed by atoms with E-state index in [2.05, 4.69) is 15.3 Å². The van der Waals surface area contributed by atoms with Crippen molar-refractivity contribution in [3.05, 3.63) is 46.9 Å². The molecule has 1 aliphatic heterocycles. The molecule has 5 nitrogen and oxygen atoms in total. The Hall–Kier alpha value is -2.14. The molecule has 0 fully saturated rings. The van der Waals surface area contributed by atoms with Crippen molar-refractivity contribution in [1.82, 2.24) is 9.97 Å². The number of hydrogen-bond acceptors (Lipinski definition) is 5. The first-order chi connectivity index (χ1) is 9.16. The zero-order chi connectivity index (χ0) is 13.4. The van der Waals surface area contributed by atoms with Gasteiger partial charge in [-0.2, -0.15) is 0 Å². The quantitative estimate of drug-likeness (QED) is 0.865. The summed E-state index contributed by atoms with van der Waals surface area (Å²) >= 11 is 0. The highest BCUT2D eigenvalue weighted by molar-refractivity contribution is 5.50. The molecule has 0 bridgehead atoms. The highest BCUT2D eigenvalue weighted by Gasteiger charge is 2.28. The second kappa shape index (κ2) is 4.51. The average Bonchev–Trinajstić information content (AvgIpc) is 2.81. The van der Waals surface area contributed by atoms with Gasteiger partial charge in [-0.3, -0.25) is 4.98 Å². The lowest BCUT2D eigenvalue weighted by atomic mass is 10.1. The minimum absolute atomic E-state index is 0.195. The average molecular weight is 257 g/mol. The number of nitrogens with one attached hydrogen (secondary N) is 1. The summed E-state index contributed by atoms with van der Waals surface area (Å²) in [6.45, 7) is 4.19. The molecule has 3 heterocycles. The van der Waals surface area contributed by atoms with Gasteiger partial charge in [-0.05, 0) is 25.5 Å². The number of anilines is 1. The molecule has 0 radical (unpaired) electrons. The molecule has 1 aliphatic rings. The van der Waals surface area contributed by atoms with Crippen molar-refractivity contribution < 1.29 is 9.84 Å². The van der Waals surface area contributed by atoms with Gasteiger partial charge >= 0.3 is 0 Å². The van der Waals surface area contributed by atoms with E-state index < -0.39 is 0 Å². The summed E-state index contributed by atoms with van der Waals surface area (Å²) in [6, 6.07) is 3.86. The predicted molar refractivity (Wildman–Crippen MR) is 70.8 cm³/mol. The molecule has 0 aliphatic carbocycles. The zero-order valence-electron chi connectivity index (χ0n) is 10.8. The molecule has 19 heavy (non-hydrogen) atoms. The maximum Gasteiger partial charge on any atom is 0.159 e. The molecule has 0 saturated carbocycles. The van der Waals surface area contributed by atoms with E-state index in [1.807, 2.05) is 19.1 Å². The molecule has 0 saturated heterocycles. The van der Waals surface area contributed by atoms with Crippen molar-refractivity contribution in [3.8, 4) is 5.75 Å². The highest BCUT2D eigenvalue weighted by Crippen LogP contribution is 2.38. The summed E-state index contributed by atoms with van der Waals surface area (Å²) < 4.78 is 5.67. The first-order valence-electron chi connectivity index (χ1n) is 6.14. The third kappa shape index (κ3) is 2.02. The Kier molecular flexibility index (Phi) is 2.83. The van der Waals surface area contributed by atoms with Crippen molar-refractivity contribution in [2.24, 2.45) is 0 Å². The smallest absolute Gasteiger partial charge is 0.159 e. The number of aryl methyl sites for hydroxylation is 2. The van der Waals surface area contributed by atoms with E-state index >= 15 is 0 Å². The molecule has 1 atom stereocenters. The standard InChI is InChI=1S/C14H15N3O2/c1-8-4-3-5-15-13(8)17-14-11-10(7-19-14)6-16-9(2)12(11)18/h3-6,14,18H,7H2,1-2H3,(H,15,17). The van der Waals surface area contributed by atoms with Gasteiger partial charge in [0, 0.05) is 18.0 Å². The van der Waals surface area contributed by atoms with Crippen molar-refractivity contribution in [2.75, 3.05) is 5.32 Å². The summed E-state index contributed by atoms with van der Waals surface area (Å²) in [7, 11) is 0. The van der Waals surface area contributed by atoms with Gasteiger partial charge in [-0.25, -0.2) is 4.98 Å². The van der Waals surface area contributed by atoms with Gasteiger partial charge in [-0.15, -0.1) is 0 Å². The molecule has 0 amide bonds. The molecule has 98 valence electrons. The fourth-order valence-corrected chi connectivity index (χ4v) is 2.19. The first-order valence-corrected chi connectivity index (χ1v) is 6.14. The summed E-state index contributed by atoms with van der Waals surface area (Å²) in [4.78, 5) is 8.41. The highest BCUT2D eigenvalue weighted by atomic mass is 16.5. The Labute approximate surface area is 111 Å². The Balaban J connectivity index is 1.95. The van der Waals surface area contributed by atoms with Crippen LogP contribution < -0.4 is 5.32 Å². The van der Waals surface area contributed by atoms with E-state index in [0.717, 1.165) is 22.5 Å². The number of aromatic nitrogens is 2. The van der Waals surface area contributed by atoms with E-state index in [1.54, 1.807) is 19.3 Å². The lowest BCUT2D eigenvalue weighted by Gasteiger charge is -2.16. The zero-order valence-corrected chi connectivity index (χ0v) is 10.8. The number of pyridine rings is 2. The fourth-order valence-electron chi connectivity index (χ4n) is 2.19. The van der Waals surface area contributed by atoms with Crippen LogP contribution in [0, 0.1) is 13.8 Å². The number of aromatic hydroxyl groups is 1. The monoisotopic (exact) mass is 257 g/mol. The van der Waals surface area contributed by atoms with Crippen LogP contribution in [0.3, 0.4) is 0 Å². The number of ether oxygens (including phenoxy) is 1. The van der Waals surface area contributed by atoms with E-state index in [4.69, 9.17) is 4.74 Å². The maximum absolute atomic E-state index is 10.1. The van der Waals surface area contributed by atoms with Crippen LogP contribution in [0.2, 0.25) is 0 Å². The Bertz CT molecular complexity index is 628. The Morgan fingerprint density at radius 2 is 2.21 bits per heavy atom. The second-order valence-electron chi connectivity index (χ2n) is 4.64. The molecule has 2 aromatic heterocycles. The van der Waals surface area contributed by atoms with E-state index in [9.17, 15) is 5.11 Å². The van der Waals surface area contributed by atoms with Gasteiger partial charge in [0.1, 0.15) is 11.6 Å². The summed E-state index contributed by atoms with van der Waals surface area (Å²) in [5.74, 6) is 0.954. The minimum atomic E-state index is -0.384. The molecule has 2 N–H and O–H groups in total. The number of rotatable bonds is 2. The van der Waals surface area contributed by atoms with Crippen LogP contribution in [-0.4, -0.2) is 15.1 Å². The molecule has 5 heteroatoms. The normalized spacial score (nSPS) is 17.3. The fraction of sp³-hybridized carbons (Fsp3) is 0.286. The summed E-state index contributed by atoms with van der Waals surface area (Å²) in [6.07, 6.45) is 3.09. The lowest BCUT2D eigenvalue weighted by Crippen LogP contribution is -2.11. The molecule has 0 spiro atoms. The summed E-state index contributed by atoms with van der Waals surface area (Å²) in [5, 5.41) is 13.3. The molecule has 0 aromatic carbocycles. The Morgan fingerprint density at radius 3 is 3.00 bits per heavy atom. The van der Waals surface area contributed by atoms with Gasteiger partial charge in [0.15, 0.2) is 6.23 Å². The largest absolute Gasteiger partial charge is 0.506 e. The lowest BCUT2D eigenvalue weighted by molar-refractivity contribution is 0.0844. The minimum Gasteiger partial charge on any atom is -0.506 e. The van der Waals surface area contributed by atoms with Crippen LogP contribution in [0.1, 0.15) is 28.6 Å². The molecule has 2 aromatic rings. The SMILES string of the molecule is Cc1cccnc1NC1OCc2cnc(C)c(O)c21. The third-order valence-corrected chi connectivity index (χ3v) is 3.30. The van der Waals surface area contributed by atoms with Crippen molar-refractivity contribution in [2.45, 2.75) is 26.7 Å². The van der Waals surface area contributed by atoms with Crippen molar-refractivity contribution in [1.29, 1.82) is 0 Å². The Morgan fingerprint density at radius 1 is 1.37 bits per heavy atom. The van der Waals surface area contributed by atoms with E-state index in [1.165, 1.54) is 0 Å². The van der Waals surface area contributed by atoms with Crippen LogP contribution in [0.5, 0.6) is 5.75 Å². The number of fused-ring (bicyclic) bond motifs is 1. The van der Waals surface area contributed by atoms with Crippen LogP contribution in [0.4, 0.5) is 5.82 Å². The third-order valence-electron chi connectivity index (χ3n) is 3.30. The van der Waals surface area contributed by atoms with Gasteiger partial charge in [0.25, 0.3) is 0 Å². The van der Waals surface area contributed by atoms with Crippen LogP contribution in [0.15, 0.2) is 24.5 Å². The van der Waals surface area contributed by atoms with Crippen molar-refractivity contribution >= 4 is 5.82 Å². The van der Waals surface area contributed by atoms with Crippen LogP contribution in [0.25, 0.3) is 0 Å². The van der Waals surface area contributed by atoms with Crippen LogP contribution >= 0.6 is 0 Å². The number of hydrogen-bond donors (Lipinski definition) is 2. The predicted octanol–water partition coefficient (Wildman–Crippen LogP) is 2.44. The van der Waals surface area contributed by atoms with Gasteiger partial charge in [0.2, 0.25) is 0 Å². The van der Waals surface area contributed by atoms with Crippen molar-refractivity contribution in [3.63, 3.8) is 0 Å². The molecular formula is C14H15N3O2. The van der Waals surface area contributed by atoms with Gasteiger partial charge < -0.3 is 15.2 Å². The van der Waals surface area contributed by atoms with E-state index in [-0.39, 0.29) is 12.0 Å². The number of nitrogens with zero attached hydrogens (tertiary/aromatic N) is 2. The van der Waals surface area contributed by atoms with E-state index in [0.29, 0.717) is 12.3 Å². The topological polar surface area (TPSA) is 67.3 Å². The van der Waals surface area contributed by atoms with Gasteiger partial charge in [-0.1, -0.05) is 6.07 Å². The molecular weight excluding hydrogens is 242 g/mol. The summed E-state index contributed by atoms with van der Waals surface area (Å²) in [5.41, 5.74) is 3.31. The maximum atomic E-state index is 10.1. The van der Waals surface area contributed by atoms with Gasteiger partial charge in [0.05, 0.1) is 17.9 Å². The van der Waals surface area contributed by atoms with Crippen LogP contribution in [-0.2, 0) is 11.3 Å². The molecule has 3 rings (SSSR count).